The molecule has 1 unspecified atom stereocenters. The van der Waals surface area contributed by atoms with Crippen molar-refractivity contribution in [2.75, 3.05) is 11.9 Å². The second-order valence-corrected chi connectivity index (χ2v) is 7.74. The Bertz CT molecular complexity index is 705. The summed E-state index contributed by atoms with van der Waals surface area (Å²) in [5.41, 5.74) is -0.297. The molecule has 1 aromatic rings. The molecule has 1 atom stereocenters. The first-order chi connectivity index (χ1) is 10.8. The van der Waals surface area contributed by atoms with Crippen LogP contribution in [0.25, 0.3) is 0 Å². The minimum Gasteiger partial charge on any atom is -0.323 e. The standard InChI is InChI=1S/C15H15Br2N3O3/c1-15(8-2-3-8)13(22)20(14(23)19-15)7-12(21)18-11-6-9(16)4-5-10(11)17/h4-6,8H,2-3,7H2,1H3,(H,18,21)(H,19,23). The van der Waals surface area contributed by atoms with Gasteiger partial charge in [-0.15, -0.1) is 0 Å². The van der Waals surface area contributed by atoms with E-state index in [9.17, 15) is 14.4 Å². The van der Waals surface area contributed by atoms with Crippen molar-refractivity contribution in [3.63, 3.8) is 0 Å². The smallest absolute Gasteiger partial charge is 0.323 e. The largest absolute Gasteiger partial charge is 0.325 e. The lowest BCUT2D eigenvalue weighted by atomic mass is 9.96. The quantitative estimate of drug-likeness (QED) is 0.701. The van der Waals surface area contributed by atoms with Gasteiger partial charge in [-0.05, 0) is 59.8 Å². The lowest BCUT2D eigenvalue weighted by molar-refractivity contribution is -0.134. The average molecular weight is 445 g/mol. The maximum atomic E-state index is 12.5. The van der Waals surface area contributed by atoms with E-state index in [0.29, 0.717) is 10.2 Å². The van der Waals surface area contributed by atoms with Gasteiger partial charge >= 0.3 is 6.03 Å². The summed E-state index contributed by atoms with van der Waals surface area (Å²) in [6.45, 7) is 1.43. The van der Waals surface area contributed by atoms with Crippen LogP contribution in [0.2, 0.25) is 0 Å². The molecule has 23 heavy (non-hydrogen) atoms. The van der Waals surface area contributed by atoms with Gasteiger partial charge in [-0.1, -0.05) is 15.9 Å². The highest BCUT2D eigenvalue weighted by atomic mass is 79.9. The summed E-state index contributed by atoms with van der Waals surface area (Å²) in [6, 6.07) is 4.85. The molecule has 1 saturated heterocycles. The molecule has 1 heterocycles. The van der Waals surface area contributed by atoms with Gasteiger partial charge in [0.1, 0.15) is 12.1 Å². The predicted molar refractivity (Wildman–Crippen MR) is 91.8 cm³/mol. The van der Waals surface area contributed by atoms with Gasteiger partial charge in [-0.3, -0.25) is 14.5 Å². The number of halogens is 2. The third-order valence-electron chi connectivity index (χ3n) is 4.20. The van der Waals surface area contributed by atoms with Crippen molar-refractivity contribution >= 4 is 55.4 Å². The Balaban J connectivity index is 1.69. The highest BCUT2D eigenvalue weighted by Crippen LogP contribution is 2.42. The zero-order valence-corrected chi connectivity index (χ0v) is 15.5. The van der Waals surface area contributed by atoms with Gasteiger partial charge in [0.05, 0.1) is 5.69 Å². The van der Waals surface area contributed by atoms with Crippen molar-refractivity contribution in [1.29, 1.82) is 0 Å². The van der Waals surface area contributed by atoms with E-state index >= 15 is 0 Å². The molecule has 1 aliphatic carbocycles. The van der Waals surface area contributed by atoms with Gasteiger partial charge in [-0.25, -0.2) is 4.79 Å². The number of rotatable bonds is 4. The highest BCUT2D eigenvalue weighted by molar-refractivity contribution is 9.11. The van der Waals surface area contributed by atoms with E-state index in [0.717, 1.165) is 22.2 Å². The summed E-state index contributed by atoms with van der Waals surface area (Å²) in [5.74, 6) is -0.577. The molecule has 1 aliphatic heterocycles. The normalized spacial score (nSPS) is 23.9. The molecule has 0 bridgehead atoms. The lowest BCUT2D eigenvalue weighted by Crippen LogP contribution is -2.46. The molecule has 122 valence electrons. The second-order valence-electron chi connectivity index (χ2n) is 5.97. The Morgan fingerprint density at radius 1 is 1.39 bits per heavy atom. The predicted octanol–water partition coefficient (Wildman–Crippen LogP) is 2.87. The van der Waals surface area contributed by atoms with E-state index in [1.165, 1.54) is 0 Å². The van der Waals surface area contributed by atoms with Gasteiger partial charge < -0.3 is 10.6 Å². The van der Waals surface area contributed by atoms with E-state index in [1.54, 1.807) is 19.1 Å². The van der Waals surface area contributed by atoms with Gasteiger partial charge in [0.25, 0.3) is 5.91 Å². The zero-order valence-electron chi connectivity index (χ0n) is 12.4. The number of carbonyl (C=O) groups excluding carboxylic acids is 3. The molecule has 6 nitrogen and oxygen atoms in total. The molecule has 1 aromatic carbocycles. The van der Waals surface area contributed by atoms with Crippen LogP contribution in [0.1, 0.15) is 19.8 Å². The highest BCUT2D eigenvalue weighted by Gasteiger charge is 2.56. The Hall–Kier alpha value is -1.41. The van der Waals surface area contributed by atoms with Crippen LogP contribution in [0.5, 0.6) is 0 Å². The third kappa shape index (κ3) is 3.14. The van der Waals surface area contributed by atoms with Crippen LogP contribution < -0.4 is 10.6 Å². The Kier molecular flexibility index (Phi) is 4.22. The minimum atomic E-state index is -0.867. The Morgan fingerprint density at radius 3 is 2.74 bits per heavy atom. The topological polar surface area (TPSA) is 78.5 Å². The maximum absolute atomic E-state index is 12.5. The number of imide groups is 1. The molecule has 3 rings (SSSR count). The number of urea groups is 1. The number of nitrogens with zero attached hydrogens (tertiary/aromatic N) is 1. The lowest BCUT2D eigenvalue weighted by Gasteiger charge is -2.20. The van der Waals surface area contributed by atoms with E-state index in [2.05, 4.69) is 42.5 Å². The van der Waals surface area contributed by atoms with Crippen LogP contribution in [0.4, 0.5) is 10.5 Å². The number of benzene rings is 1. The van der Waals surface area contributed by atoms with Crippen molar-refractivity contribution in [3.05, 3.63) is 27.1 Å². The zero-order chi connectivity index (χ0) is 16.8. The molecule has 2 aliphatic rings. The number of hydrogen-bond donors (Lipinski definition) is 2. The van der Waals surface area contributed by atoms with Crippen molar-refractivity contribution in [3.8, 4) is 0 Å². The Morgan fingerprint density at radius 2 is 2.09 bits per heavy atom. The molecule has 0 spiro atoms. The maximum Gasteiger partial charge on any atom is 0.325 e. The number of amides is 4. The first-order valence-electron chi connectivity index (χ1n) is 7.20. The monoisotopic (exact) mass is 443 g/mol. The summed E-state index contributed by atoms with van der Waals surface area (Å²) in [5, 5.41) is 5.42. The summed E-state index contributed by atoms with van der Waals surface area (Å²) in [7, 11) is 0. The van der Waals surface area contributed by atoms with Gasteiger partial charge in [0.2, 0.25) is 5.91 Å². The fraction of sp³-hybridized carbons (Fsp3) is 0.400. The van der Waals surface area contributed by atoms with Crippen molar-refractivity contribution < 1.29 is 14.4 Å². The fourth-order valence-corrected chi connectivity index (χ4v) is 3.43. The molecule has 1 saturated carbocycles. The number of carbonyl (C=O) groups is 3. The number of anilines is 1. The van der Waals surface area contributed by atoms with Crippen molar-refractivity contribution in [2.24, 2.45) is 5.92 Å². The molecule has 0 aromatic heterocycles. The van der Waals surface area contributed by atoms with Gasteiger partial charge in [0.15, 0.2) is 0 Å². The molecule has 8 heteroatoms. The number of hydrogen-bond acceptors (Lipinski definition) is 3. The Labute approximate surface area is 150 Å². The summed E-state index contributed by atoms with van der Waals surface area (Å²) in [6.07, 6.45) is 1.85. The summed E-state index contributed by atoms with van der Waals surface area (Å²) < 4.78 is 1.53. The van der Waals surface area contributed by atoms with Crippen LogP contribution in [-0.2, 0) is 9.59 Å². The van der Waals surface area contributed by atoms with Gasteiger partial charge in [0, 0.05) is 8.95 Å². The summed E-state index contributed by atoms with van der Waals surface area (Å²) >= 11 is 6.68. The van der Waals surface area contributed by atoms with E-state index in [4.69, 9.17) is 0 Å². The van der Waals surface area contributed by atoms with Crippen LogP contribution in [0.15, 0.2) is 27.1 Å². The molecule has 2 fully saturated rings. The van der Waals surface area contributed by atoms with E-state index < -0.39 is 17.5 Å². The van der Waals surface area contributed by atoms with E-state index in [1.807, 2.05) is 6.07 Å². The van der Waals surface area contributed by atoms with Crippen molar-refractivity contribution in [1.82, 2.24) is 10.2 Å². The van der Waals surface area contributed by atoms with Crippen LogP contribution in [0.3, 0.4) is 0 Å². The van der Waals surface area contributed by atoms with Gasteiger partial charge in [-0.2, -0.15) is 0 Å². The molecular weight excluding hydrogens is 430 g/mol. The molecular formula is C15H15Br2N3O3. The molecule has 0 radical (unpaired) electrons. The number of nitrogens with one attached hydrogen (secondary N) is 2. The third-order valence-corrected chi connectivity index (χ3v) is 5.38. The van der Waals surface area contributed by atoms with E-state index in [-0.39, 0.29) is 18.4 Å². The summed E-state index contributed by atoms with van der Waals surface area (Å²) in [4.78, 5) is 37.7. The first kappa shape index (κ1) is 16.4. The van der Waals surface area contributed by atoms with Crippen LogP contribution in [-0.4, -0.2) is 34.8 Å². The van der Waals surface area contributed by atoms with Crippen LogP contribution >= 0.6 is 31.9 Å². The average Bonchev–Trinajstić information content (AvgIpc) is 3.29. The SMILES string of the molecule is CC1(C2CC2)NC(=O)N(CC(=O)Nc2cc(Br)ccc2Br)C1=O. The first-order valence-corrected chi connectivity index (χ1v) is 8.79. The second kappa shape index (κ2) is 5.90. The van der Waals surface area contributed by atoms with Crippen LogP contribution in [0, 0.1) is 5.92 Å². The molecule has 4 amide bonds. The fourth-order valence-electron chi connectivity index (χ4n) is 2.72. The molecule has 2 N–H and O–H groups in total. The van der Waals surface area contributed by atoms with Crippen molar-refractivity contribution in [2.45, 2.75) is 25.3 Å². The minimum absolute atomic E-state index is 0.172.